The Morgan fingerprint density at radius 3 is 2.62 bits per heavy atom. The van der Waals surface area contributed by atoms with Crippen molar-refractivity contribution in [3.63, 3.8) is 0 Å². The number of nitrogens with one attached hydrogen (secondary N) is 2. The van der Waals surface area contributed by atoms with Crippen molar-refractivity contribution in [3.05, 3.63) is 28.2 Å². The molecule has 24 heavy (non-hydrogen) atoms. The van der Waals surface area contributed by atoms with E-state index in [1.807, 2.05) is 13.0 Å². The van der Waals surface area contributed by atoms with Crippen molar-refractivity contribution in [2.24, 2.45) is 0 Å². The Labute approximate surface area is 140 Å². The SMILES string of the molecule is CCOC(=O)C(NC1=Cc2c([nH]c(C(=O)OC)c2C)CC1)C(C)=O. The molecule has 0 bridgehead atoms. The number of hydrogen-bond acceptors (Lipinski definition) is 6. The number of rotatable bonds is 6. The van der Waals surface area contributed by atoms with Gasteiger partial charge in [0.1, 0.15) is 5.69 Å². The molecule has 1 heterocycles. The number of aryl methyl sites for hydroxylation is 1. The summed E-state index contributed by atoms with van der Waals surface area (Å²) < 4.78 is 9.70. The molecule has 1 unspecified atom stereocenters. The Morgan fingerprint density at radius 2 is 2.04 bits per heavy atom. The third-order valence-electron chi connectivity index (χ3n) is 3.99. The highest BCUT2D eigenvalue weighted by atomic mass is 16.5. The van der Waals surface area contributed by atoms with Crippen LogP contribution in [0, 0.1) is 6.92 Å². The van der Waals surface area contributed by atoms with Gasteiger partial charge in [-0.3, -0.25) is 4.79 Å². The summed E-state index contributed by atoms with van der Waals surface area (Å²) in [6, 6.07) is -1.02. The summed E-state index contributed by atoms with van der Waals surface area (Å²) >= 11 is 0. The van der Waals surface area contributed by atoms with Crippen LogP contribution < -0.4 is 5.32 Å². The Balaban J connectivity index is 2.26. The molecule has 0 aliphatic heterocycles. The molecule has 2 rings (SSSR count). The number of esters is 2. The molecule has 130 valence electrons. The molecular weight excluding hydrogens is 312 g/mol. The molecule has 1 aliphatic rings. The summed E-state index contributed by atoms with van der Waals surface area (Å²) in [5, 5.41) is 2.97. The summed E-state index contributed by atoms with van der Waals surface area (Å²) in [6.07, 6.45) is 3.14. The van der Waals surface area contributed by atoms with E-state index in [1.165, 1.54) is 14.0 Å². The molecule has 0 saturated heterocycles. The van der Waals surface area contributed by atoms with Gasteiger partial charge in [-0.15, -0.1) is 0 Å². The van der Waals surface area contributed by atoms with Crippen molar-refractivity contribution in [2.45, 2.75) is 39.7 Å². The first kappa shape index (κ1) is 17.8. The minimum absolute atomic E-state index is 0.215. The average Bonchev–Trinajstić information content (AvgIpc) is 2.88. The number of methoxy groups -OCH3 is 1. The maximum Gasteiger partial charge on any atom is 0.354 e. The third-order valence-corrected chi connectivity index (χ3v) is 3.99. The van der Waals surface area contributed by atoms with Gasteiger partial charge in [-0.25, -0.2) is 9.59 Å². The molecule has 1 aromatic heterocycles. The van der Waals surface area contributed by atoms with Gasteiger partial charge in [-0.1, -0.05) is 0 Å². The van der Waals surface area contributed by atoms with Crippen molar-refractivity contribution in [2.75, 3.05) is 13.7 Å². The van der Waals surface area contributed by atoms with Gasteiger partial charge in [0.05, 0.1) is 13.7 Å². The predicted octanol–water partition coefficient (Wildman–Crippen LogP) is 1.51. The molecule has 1 aromatic rings. The topological polar surface area (TPSA) is 97.5 Å². The molecule has 7 nitrogen and oxygen atoms in total. The second-order valence-electron chi connectivity index (χ2n) is 5.62. The lowest BCUT2D eigenvalue weighted by Gasteiger charge is -2.21. The number of carbonyl (C=O) groups is 3. The molecule has 0 radical (unpaired) electrons. The van der Waals surface area contributed by atoms with Gasteiger partial charge in [0, 0.05) is 17.0 Å². The first-order valence-electron chi connectivity index (χ1n) is 7.83. The number of hydrogen-bond donors (Lipinski definition) is 2. The molecule has 0 spiro atoms. The second kappa shape index (κ2) is 7.33. The maximum absolute atomic E-state index is 11.9. The van der Waals surface area contributed by atoms with Crippen LogP contribution in [0.4, 0.5) is 0 Å². The highest BCUT2D eigenvalue weighted by molar-refractivity contribution is 6.02. The molecule has 0 fully saturated rings. The van der Waals surface area contributed by atoms with E-state index in [-0.39, 0.29) is 12.4 Å². The van der Waals surface area contributed by atoms with Crippen LogP contribution in [0.3, 0.4) is 0 Å². The number of aromatic amines is 1. The third kappa shape index (κ3) is 3.50. The predicted molar refractivity (Wildman–Crippen MR) is 87.4 cm³/mol. The molecule has 0 saturated carbocycles. The van der Waals surface area contributed by atoms with Crippen LogP contribution >= 0.6 is 0 Å². The maximum atomic E-state index is 11.9. The summed E-state index contributed by atoms with van der Waals surface area (Å²) in [7, 11) is 1.33. The van der Waals surface area contributed by atoms with Gasteiger partial charge >= 0.3 is 11.9 Å². The highest BCUT2D eigenvalue weighted by Gasteiger charge is 2.27. The smallest absolute Gasteiger partial charge is 0.354 e. The van der Waals surface area contributed by atoms with Crippen LogP contribution in [-0.4, -0.2) is 42.5 Å². The number of Topliss-reactive ketones (excluding diaryl/α,β-unsaturated/α-hetero) is 1. The van der Waals surface area contributed by atoms with Gasteiger partial charge in [0.15, 0.2) is 11.8 Å². The van der Waals surface area contributed by atoms with Crippen LogP contribution in [0.1, 0.15) is 47.6 Å². The fourth-order valence-electron chi connectivity index (χ4n) is 2.73. The highest BCUT2D eigenvalue weighted by Crippen LogP contribution is 2.28. The van der Waals surface area contributed by atoms with Crippen LogP contribution in [0.5, 0.6) is 0 Å². The summed E-state index contributed by atoms with van der Waals surface area (Å²) in [6.45, 7) is 5.08. The number of fused-ring (bicyclic) bond motifs is 1. The van der Waals surface area contributed by atoms with Crippen LogP contribution in [0.2, 0.25) is 0 Å². The van der Waals surface area contributed by atoms with Crippen LogP contribution in [0.25, 0.3) is 6.08 Å². The zero-order valence-electron chi connectivity index (χ0n) is 14.3. The van der Waals surface area contributed by atoms with Crippen LogP contribution in [0.15, 0.2) is 5.70 Å². The Hall–Kier alpha value is -2.57. The normalized spacial score (nSPS) is 14.2. The number of ketones is 1. The minimum Gasteiger partial charge on any atom is -0.464 e. The Morgan fingerprint density at radius 1 is 1.33 bits per heavy atom. The standard InChI is InChI=1S/C17H22N2O5/c1-5-24-17(22)15(10(3)20)18-11-6-7-13-12(8-11)9(2)14(19-13)16(21)23-4/h8,15,18-19H,5-7H2,1-4H3. The summed E-state index contributed by atoms with van der Waals surface area (Å²) in [4.78, 5) is 38.5. The molecule has 1 atom stereocenters. The van der Waals surface area contributed by atoms with Crippen molar-refractivity contribution < 1.29 is 23.9 Å². The van der Waals surface area contributed by atoms with E-state index < -0.39 is 18.0 Å². The molecule has 7 heteroatoms. The van der Waals surface area contributed by atoms with Crippen molar-refractivity contribution in [1.82, 2.24) is 10.3 Å². The van der Waals surface area contributed by atoms with Gasteiger partial charge in [-0.05, 0) is 45.3 Å². The molecule has 2 N–H and O–H groups in total. The van der Waals surface area contributed by atoms with Crippen molar-refractivity contribution in [1.29, 1.82) is 0 Å². The first-order valence-corrected chi connectivity index (χ1v) is 7.83. The second-order valence-corrected chi connectivity index (χ2v) is 5.62. The van der Waals surface area contributed by atoms with E-state index in [2.05, 4.69) is 10.3 Å². The van der Waals surface area contributed by atoms with E-state index >= 15 is 0 Å². The number of aromatic nitrogens is 1. The number of H-pyrrole nitrogens is 1. The van der Waals surface area contributed by atoms with E-state index in [0.29, 0.717) is 18.5 Å². The van der Waals surface area contributed by atoms with Gasteiger partial charge in [0.2, 0.25) is 0 Å². The van der Waals surface area contributed by atoms with Gasteiger partial charge < -0.3 is 19.8 Å². The molecule has 1 aliphatic carbocycles. The zero-order valence-corrected chi connectivity index (χ0v) is 14.3. The molecule has 0 aromatic carbocycles. The zero-order chi connectivity index (χ0) is 17.9. The van der Waals surface area contributed by atoms with E-state index in [9.17, 15) is 14.4 Å². The van der Waals surface area contributed by atoms with Crippen LogP contribution in [-0.2, 0) is 25.5 Å². The summed E-state index contributed by atoms with van der Waals surface area (Å²) in [5.41, 5.74) is 3.79. The first-order chi connectivity index (χ1) is 11.4. The van der Waals surface area contributed by atoms with E-state index in [4.69, 9.17) is 9.47 Å². The Bertz CT molecular complexity index is 702. The summed E-state index contributed by atoms with van der Waals surface area (Å²) in [5.74, 6) is -1.31. The quantitative estimate of drug-likeness (QED) is 0.604. The average molecular weight is 334 g/mol. The van der Waals surface area contributed by atoms with Gasteiger partial charge in [0.25, 0.3) is 0 Å². The van der Waals surface area contributed by atoms with Gasteiger partial charge in [-0.2, -0.15) is 0 Å². The fraction of sp³-hybridized carbons (Fsp3) is 0.471. The number of allylic oxidation sites excluding steroid dienone is 1. The minimum atomic E-state index is -1.02. The lowest BCUT2D eigenvalue weighted by atomic mass is 9.98. The van der Waals surface area contributed by atoms with E-state index in [0.717, 1.165) is 22.5 Å². The lowest BCUT2D eigenvalue weighted by Crippen LogP contribution is -2.43. The van der Waals surface area contributed by atoms with E-state index in [1.54, 1.807) is 6.92 Å². The molecular formula is C17H22N2O5. The number of carbonyl (C=O) groups excluding carboxylic acids is 3. The largest absolute Gasteiger partial charge is 0.464 e. The fourth-order valence-corrected chi connectivity index (χ4v) is 2.73. The lowest BCUT2D eigenvalue weighted by molar-refractivity contribution is -0.148. The van der Waals surface area contributed by atoms with Crippen molar-refractivity contribution in [3.8, 4) is 0 Å². The Kier molecular flexibility index (Phi) is 5.43. The molecule has 0 amide bonds. The van der Waals surface area contributed by atoms with Crippen molar-refractivity contribution >= 4 is 23.8 Å². The monoisotopic (exact) mass is 334 g/mol. The number of ether oxygens (including phenoxy) is 2.